The van der Waals surface area contributed by atoms with Crippen LogP contribution >= 0.6 is 23.3 Å². The van der Waals surface area contributed by atoms with Crippen LogP contribution in [0.3, 0.4) is 0 Å². The van der Waals surface area contributed by atoms with Crippen LogP contribution in [0, 0.1) is 20.8 Å². The van der Waals surface area contributed by atoms with Crippen molar-refractivity contribution in [1.29, 1.82) is 0 Å². The summed E-state index contributed by atoms with van der Waals surface area (Å²) in [6.45, 7) is 6.11. The number of hydrogen-bond donors (Lipinski definition) is 0. The zero-order chi connectivity index (χ0) is 16.0. The molecular weight excluding hydrogens is 328 g/mol. The van der Waals surface area contributed by atoms with Crippen LogP contribution in [0.5, 0.6) is 0 Å². The lowest BCUT2D eigenvalue weighted by Gasteiger charge is -2.04. The molecule has 0 aromatic carbocycles. The Morgan fingerprint density at radius 3 is 2.65 bits per heavy atom. The zero-order valence-electron chi connectivity index (χ0n) is 13.4. The molecule has 8 heteroatoms. The van der Waals surface area contributed by atoms with Gasteiger partial charge in [-0.05, 0) is 62.5 Å². The van der Waals surface area contributed by atoms with Gasteiger partial charge in [-0.1, -0.05) is 12.8 Å². The van der Waals surface area contributed by atoms with Crippen molar-refractivity contribution in [3.05, 3.63) is 22.8 Å². The van der Waals surface area contributed by atoms with Gasteiger partial charge in [0.25, 0.3) is 5.78 Å². The van der Waals surface area contributed by atoms with Crippen LogP contribution in [-0.4, -0.2) is 28.9 Å². The Labute approximate surface area is 142 Å². The second-order valence-corrected chi connectivity index (χ2v) is 7.98. The number of fused-ring (bicyclic) bond motifs is 1. The highest BCUT2D eigenvalue weighted by Crippen LogP contribution is 2.35. The maximum Gasteiger partial charge on any atom is 0.253 e. The van der Waals surface area contributed by atoms with Crippen molar-refractivity contribution in [3.63, 3.8) is 0 Å². The molecule has 0 radical (unpaired) electrons. The van der Waals surface area contributed by atoms with E-state index in [1.54, 1.807) is 0 Å². The maximum absolute atomic E-state index is 4.68. The molecule has 0 unspecified atom stereocenters. The largest absolute Gasteiger partial charge is 0.253 e. The molecule has 0 atom stereocenters. The lowest BCUT2D eigenvalue weighted by atomic mass is 10.1. The van der Waals surface area contributed by atoms with Gasteiger partial charge in [0.15, 0.2) is 4.34 Å². The highest BCUT2D eigenvalue weighted by Gasteiger charge is 2.22. The molecular formula is C15H18N6S2. The minimum Gasteiger partial charge on any atom is -0.216 e. The molecule has 0 saturated heterocycles. The Morgan fingerprint density at radius 1 is 1.09 bits per heavy atom. The zero-order valence-corrected chi connectivity index (χ0v) is 15.0. The molecule has 3 heterocycles. The monoisotopic (exact) mass is 346 g/mol. The van der Waals surface area contributed by atoms with Crippen LogP contribution in [0.15, 0.2) is 9.50 Å². The summed E-state index contributed by atoms with van der Waals surface area (Å²) in [7, 11) is 0. The molecule has 1 aliphatic carbocycles. The third-order valence-corrected chi connectivity index (χ3v) is 6.18. The minimum atomic E-state index is 0.545. The smallest absolute Gasteiger partial charge is 0.216 e. The van der Waals surface area contributed by atoms with Crippen molar-refractivity contribution < 1.29 is 0 Å². The highest BCUT2D eigenvalue weighted by atomic mass is 32.2. The van der Waals surface area contributed by atoms with Gasteiger partial charge in [0.05, 0.1) is 0 Å². The number of hydrogen-bond acceptors (Lipinski definition) is 7. The van der Waals surface area contributed by atoms with Crippen LogP contribution in [-0.2, 0) is 0 Å². The molecule has 0 amide bonds. The van der Waals surface area contributed by atoms with Crippen molar-refractivity contribution in [2.75, 3.05) is 0 Å². The van der Waals surface area contributed by atoms with Crippen LogP contribution < -0.4 is 0 Å². The van der Waals surface area contributed by atoms with Crippen molar-refractivity contribution >= 4 is 29.1 Å². The fraction of sp³-hybridized carbons (Fsp3) is 0.533. The summed E-state index contributed by atoms with van der Waals surface area (Å²) in [5.74, 6) is 2.19. The van der Waals surface area contributed by atoms with Gasteiger partial charge in [0.1, 0.15) is 5.82 Å². The van der Waals surface area contributed by atoms with Gasteiger partial charge >= 0.3 is 0 Å². The Kier molecular flexibility index (Phi) is 3.81. The molecule has 3 aromatic rings. The third-order valence-electron chi connectivity index (χ3n) is 4.56. The highest BCUT2D eigenvalue weighted by molar-refractivity contribution is 8.00. The standard InChI is InChI=1S/C15H18N6S2/c1-8-9(2)16-13-18-14(19-21(13)10(8)3)22-15-17-12(20-23-15)11-6-4-5-7-11/h11H,4-7H2,1-3H3. The van der Waals surface area contributed by atoms with E-state index in [-0.39, 0.29) is 0 Å². The molecule has 6 nitrogen and oxygen atoms in total. The van der Waals surface area contributed by atoms with Crippen molar-refractivity contribution in [2.24, 2.45) is 0 Å². The summed E-state index contributed by atoms with van der Waals surface area (Å²) in [5, 5.41) is 5.24. The first kappa shape index (κ1) is 15.0. The molecule has 0 bridgehead atoms. The van der Waals surface area contributed by atoms with Gasteiger partial charge in [-0.2, -0.15) is 9.36 Å². The van der Waals surface area contributed by atoms with Crippen molar-refractivity contribution in [1.82, 2.24) is 28.9 Å². The summed E-state index contributed by atoms with van der Waals surface area (Å²) in [6, 6.07) is 0. The molecule has 1 aliphatic rings. The molecule has 23 heavy (non-hydrogen) atoms. The Balaban J connectivity index is 1.61. The average Bonchev–Trinajstić information content (AvgIpc) is 3.24. The summed E-state index contributed by atoms with van der Waals surface area (Å²) in [4.78, 5) is 13.7. The van der Waals surface area contributed by atoms with Crippen LogP contribution in [0.2, 0.25) is 0 Å². The predicted octanol–water partition coefficient (Wildman–Crippen LogP) is 3.71. The Morgan fingerprint density at radius 2 is 1.87 bits per heavy atom. The molecule has 4 rings (SSSR count). The van der Waals surface area contributed by atoms with Crippen LogP contribution in [0.25, 0.3) is 5.78 Å². The molecule has 120 valence electrons. The fourth-order valence-corrected chi connectivity index (χ4v) is 4.50. The Bertz CT molecular complexity index is 862. The van der Waals surface area contributed by atoms with E-state index in [0.717, 1.165) is 27.1 Å². The number of nitrogens with zero attached hydrogens (tertiary/aromatic N) is 6. The van der Waals surface area contributed by atoms with Crippen LogP contribution in [0.4, 0.5) is 0 Å². The fourth-order valence-electron chi connectivity index (χ4n) is 2.97. The SMILES string of the molecule is Cc1nc2nc(Sc3nc(C4CCCC4)ns3)nn2c(C)c1C. The van der Waals surface area contributed by atoms with E-state index in [2.05, 4.69) is 31.3 Å². The van der Waals surface area contributed by atoms with E-state index in [1.807, 2.05) is 18.4 Å². The molecule has 1 saturated carbocycles. The van der Waals surface area contributed by atoms with Gasteiger partial charge in [-0.3, -0.25) is 0 Å². The summed E-state index contributed by atoms with van der Waals surface area (Å²) >= 11 is 2.92. The second-order valence-electron chi connectivity index (χ2n) is 6.02. The third kappa shape index (κ3) is 2.74. The van der Waals surface area contributed by atoms with E-state index in [4.69, 9.17) is 0 Å². The van der Waals surface area contributed by atoms with E-state index >= 15 is 0 Å². The molecule has 0 N–H and O–H groups in total. The summed E-state index contributed by atoms with van der Waals surface area (Å²) < 4.78 is 7.25. The average molecular weight is 346 g/mol. The van der Waals surface area contributed by atoms with Crippen molar-refractivity contribution in [2.45, 2.75) is 61.9 Å². The van der Waals surface area contributed by atoms with E-state index in [0.29, 0.717) is 16.9 Å². The van der Waals surface area contributed by atoms with Gasteiger partial charge in [-0.25, -0.2) is 14.5 Å². The normalized spacial score (nSPS) is 15.8. The van der Waals surface area contributed by atoms with Crippen LogP contribution in [0.1, 0.15) is 54.4 Å². The van der Waals surface area contributed by atoms with E-state index < -0.39 is 0 Å². The molecule has 0 aliphatic heterocycles. The molecule has 0 spiro atoms. The second kappa shape index (κ2) is 5.83. The van der Waals surface area contributed by atoms with Gasteiger partial charge in [0.2, 0.25) is 5.16 Å². The molecule has 3 aromatic heterocycles. The maximum atomic E-state index is 4.68. The van der Waals surface area contributed by atoms with Crippen molar-refractivity contribution in [3.8, 4) is 0 Å². The lowest BCUT2D eigenvalue weighted by Crippen LogP contribution is -2.02. The van der Waals surface area contributed by atoms with Gasteiger partial charge in [0, 0.05) is 17.3 Å². The van der Waals surface area contributed by atoms with Gasteiger partial charge < -0.3 is 0 Å². The number of rotatable bonds is 3. The summed E-state index contributed by atoms with van der Waals surface area (Å²) in [5.41, 5.74) is 3.23. The van der Waals surface area contributed by atoms with Gasteiger partial charge in [-0.15, -0.1) is 5.10 Å². The summed E-state index contributed by atoms with van der Waals surface area (Å²) in [6.07, 6.45) is 5.03. The lowest BCUT2D eigenvalue weighted by molar-refractivity contribution is 0.676. The minimum absolute atomic E-state index is 0.545. The first-order valence-electron chi connectivity index (χ1n) is 7.84. The first-order valence-corrected chi connectivity index (χ1v) is 9.43. The number of aromatic nitrogens is 6. The van der Waals surface area contributed by atoms with E-state index in [9.17, 15) is 0 Å². The Hall–Kier alpha value is -1.54. The first-order chi connectivity index (χ1) is 11.1. The topological polar surface area (TPSA) is 68.9 Å². The van der Waals surface area contributed by atoms with E-state index in [1.165, 1.54) is 49.0 Å². The molecule has 1 fully saturated rings. The predicted molar refractivity (Wildman–Crippen MR) is 90.2 cm³/mol. The quantitative estimate of drug-likeness (QED) is 0.720. The number of aryl methyl sites for hydroxylation is 2.